The number of likely N-dealkylation sites (tertiary alicyclic amines) is 1. The van der Waals surface area contributed by atoms with E-state index in [-0.39, 0.29) is 40.6 Å². The van der Waals surface area contributed by atoms with E-state index in [9.17, 15) is 19.2 Å². The van der Waals surface area contributed by atoms with E-state index < -0.39 is 11.2 Å². The normalized spacial score (nSPS) is 22.4. The van der Waals surface area contributed by atoms with E-state index in [2.05, 4.69) is 31.2 Å². The van der Waals surface area contributed by atoms with Crippen molar-refractivity contribution >= 4 is 23.3 Å². The molecule has 3 aliphatic heterocycles. The number of nitrogens with one attached hydrogen (secondary N) is 1. The smallest absolute Gasteiger partial charge is 0.258 e. The maximum Gasteiger partial charge on any atom is 0.258 e. The lowest BCUT2D eigenvalue weighted by Gasteiger charge is -2.31. The van der Waals surface area contributed by atoms with Gasteiger partial charge in [-0.1, -0.05) is 12.1 Å². The molecule has 4 heterocycles. The highest BCUT2D eigenvalue weighted by Gasteiger charge is 2.45. The molecule has 1 spiro atoms. The van der Waals surface area contributed by atoms with Crippen molar-refractivity contribution in [1.29, 1.82) is 5.26 Å². The quantitative estimate of drug-likeness (QED) is 0.349. The monoisotopic (exact) mass is 625 g/mol. The van der Waals surface area contributed by atoms with Crippen molar-refractivity contribution in [3.63, 3.8) is 0 Å². The highest BCUT2D eigenvalue weighted by molar-refractivity contribution is 6.08. The molecular weight excluding hydrogens is 585 g/mol. The highest BCUT2D eigenvalue weighted by Crippen LogP contribution is 2.44. The fourth-order valence-corrected chi connectivity index (χ4v) is 7.28. The Balaban J connectivity index is 1.16. The number of nitrogens with zero attached hydrogens (tertiary/aromatic N) is 6. The summed E-state index contributed by atoms with van der Waals surface area (Å²) in [7, 11) is 0. The lowest BCUT2D eigenvalue weighted by atomic mass is 9.85. The van der Waals surface area contributed by atoms with Crippen molar-refractivity contribution < 1.29 is 18.7 Å². The van der Waals surface area contributed by atoms with Crippen LogP contribution in [0.2, 0.25) is 0 Å². The molecule has 2 saturated heterocycles. The molecule has 3 aromatic rings. The molecule has 0 radical (unpaired) electrons. The SMILES string of the molecule is CC(C)N(C(=O)c1cc(F)ccc1Oc1cncnc1N1CCC2(CCN(Cc3ccc4c(c3)NC(=O)C4(C)C#N)C2)C1)C(C)C. The number of ether oxygens (including phenoxy) is 1. The minimum absolute atomic E-state index is 0.0751. The fraction of sp³-hybridized carbons (Fsp3) is 0.457. The second-order valence-corrected chi connectivity index (χ2v) is 13.6. The van der Waals surface area contributed by atoms with Crippen molar-refractivity contribution in [3.8, 4) is 17.6 Å². The van der Waals surface area contributed by atoms with Crippen LogP contribution in [0.3, 0.4) is 0 Å². The van der Waals surface area contributed by atoms with Crippen LogP contribution in [0.4, 0.5) is 15.9 Å². The molecule has 11 heteroatoms. The molecular formula is C35H40FN7O3. The Kier molecular flexibility index (Phi) is 8.19. The molecule has 10 nitrogen and oxygen atoms in total. The molecule has 2 atom stereocenters. The van der Waals surface area contributed by atoms with Crippen LogP contribution in [-0.4, -0.2) is 69.8 Å². The third kappa shape index (κ3) is 5.66. The van der Waals surface area contributed by atoms with Gasteiger partial charge in [-0.25, -0.2) is 14.4 Å². The Morgan fingerprint density at radius 1 is 1.11 bits per heavy atom. The van der Waals surface area contributed by atoms with Gasteiger partial charge >= 0.3 is 0 Å². The van der Waals surface area contributed by atoms with Crippen molar-refractivity contribution in [3.05, 3.63) is 71.4 Å². The van der Waals surface area contributed by atoms with Crippen LogP contribution in [0.1, 0.15) is 68.9 Å². The summed E-state index contributed by atoms with van der Waals surface area (Å²) in [6.07, 6.45) is 5.12. The molecule has 0 saturated carbocycles. The molecule has 3 aliphatic rings. The molecule has 0 aliphatic carbocycles. The van der Waals surface area contributed by atoms with Gasteiger partial charge in [-0.2, -0.15) is 5.26 Å². The number of carbonyl (C=O) groups excluding carboxylic acids is 2. The van der Waals surface area contributed by atoms with Gasteiger partial charge in [-0.3, -0.25) is 14.5 Å². The number of rotatable bonds is 8. The minimum Gasteiger partial charge on any atom is -0.451 e. The Labute approximate surface area is 269 Å². The van der Waals surface area contributed by atoms with Crippen LogP contribution in [0.15, 0.2) is 48.9 Å². The predicted molar refractivity (Wildman–Crippen MR) is 172 cm³/mol. The Morgan fingerprint density at radius 2 is 1.87 bits per heavy atom. The van der Waals surface area contributed by atoms with E-state index in [1.165, 1.54) is 24.5 Å². The zero-order valence-corrected chi connectivity index (χ0v) is 27.0. The molecule has 1 N–H and O–H groups in total. The van der Waals surface area contributed by atoms with E-state index in [1.54, 1.807) is 18.0 Å². The molecule has 0 bridgehead atoms. The summed E-state index contributed by atoms with van der Waals surface area (Å²) >= 11 is 0. The number of aromatic nitrogens is 2. The zero-order valence-electron chi connectivity index (χ0n) is 27.0. The number of hydrogen-bond donors (Lipinski definition) is 1. The minimum atomic E-state index is -1.15. The first-order valence-corrected chi connectivity index (χ1v) is 15.9. The van der Waals surface area contributed by atoms with E-state index in [0.29, 0.717) is 11.6 Å². The number of nitriles is 1. The number of amides is 2. The van der Waals surface area contributed by atoms with Gasteiger partial charge in [-0.05, 0) is 83.8 Å². The maximum absolute atomic E-state index is 14.4. The van der Waals surface area contributed by atoms with E-state index in [0.717, 1.165) is 62.4 Å². The number of carbonyl (C=O) groups is 2. The number of halogens is 1. The van der Waals surface area contributed by atoms with Crippen LogP contribution >= 0.6 is 0 Å². The highest BCUT2D eigenvalue weighted by atomic mass is 19.1. The second kappa shape index (κ2) is 12.0. The standard InChI is InChI=1S/C35H40FN7O3/c1-22(2)43(23(3)4)32(44)26-15-25(36)7-9-29(26)46-30-16-38-21-39-31(30)42-13-11-35(20-42)10-12-41(19-35)17-24-6-8-27-28(14-24)40-33(45)34(27,5)18-37/h6-9,14-16,21-23H,10-13,17,19-20H2,1-5H3,(H,40,45). The van der Waals surface area contributed by atoms with E-state index in [4.69, 9.17) is 4.74 Å². The van der Waals surface area contributed by atoms with Gasteiger partial charge in [0.1, 0.15) is 17.9 Å². The average molecular weight is 626 g/mol. The van der Waals surface area contributed by atoms with Gasteiger partial charge < -0.3 is 19.9 Å². The van der Waals surface area contributed by atoms with Crippen LogP contribution in [-0.2, 0) is 16.8 Å². The summed E-state index contributed by atoms with van der Waals surface area (Å²) < 4.78 is 20.7. The first-order chi connectivity index (χ1) is 21.9. The molecule has 2 amide bonds. The average Bonchev–Trinajstić information content (AvgIpc) is 3.69. The van der Waals surface area contributed by atoms with Gasteiger partial charge in [0, 0.05) is 54.9 Å². The van der Waals surface area contributed by atoms with Gasteiger partial charge in [0.05, 0.1) is 17.8 Å². The van der Waals surface area contributed by atoms with Crippen LogP contribution < -0.4 is 15.0 Å². The molecule has 46 heavy (non-hydrogen) atoms. The maximum atomic E-state index is 14.4. The third-order valence-electron chi connectivity index (χ3n) is 9.61. The van der Waals surface area contributed by atoms with E-state index in [1.807, 2.05) is 45.9 Å². The van der Waals surface area contributed by atoms with Crippen LogP contribution in [0, 0.1) is 22.6 Å². The predicted octanol–water partition coefficient (Wildman–Crippen LogP) is 5.50. The first-order valence-electron chi connectivity index (χ1n) is 15.9. The van der Waals surface area contributed by atoms with Gasteiger partial charge in [0.2, 0.25) is 5.91 Å². The first kappa shape index (κ1) is 31.4. The molecule has 6 rings (SSSR count). The fourth-order valence-electron chi connectivity index (χ4n) is 7.28. The summed E-state index contributed by atoms with van der Waals surface area (Å²) in [6, 6.07) is 11.9. The van der Waals surface area contributed by atoms with Crippen molar-refractivity contribution in [2.75, 3.05) is 36.4 Å². The number of benzene rings is 2. The number of hydrogen-bond acceptors (Lipinski definition) is 8. The summed E-state index contributed by atoms with van der Waals surface area (Å²) in [5.41, 5.74) is 1.63. The van der Waals surface area contributed by atoms with Crippen molar-refractivity contribution in [2.45, 2.75) is 71.5 Å². The zero-order chi connectivity index (χ0) is 32.8. The molecule has 2 fully saturated rings. The molecule has 2 unspecified atom stereocenters. The lowest BCUT2D eigenvalue weighted by molar-refractivity contribution is -0.118. The summed E-state index contributed by atoms with van der Waals surface area (Å²) in [5.74, 6) is 0.235. The Hall–Kier alpha value is -4.56. The lowest BCUT2D eigenvalue weighted by Crippen LogP contribution is -2.42. The summed E-state index contributed by atoms with van der Waals surface area (Å²) in [4.78, 5) is 41.2. The Bertz CT molecular complexity index is 1710. The van der Waals surface area contributed by atoms with Crippen LogP contribution in [0.25, 0.3) is 0 Å². The topological polar surface area (TPSA) is 115 Å². The molecule has 1 aromatic heterocycles. The second-order valence-electron chi connectivity index (χ2n) is 13.6. The summed E-state index contributed by atoms with van der Waals surface area (Å²) in [5, 5.41) is 12.5. The Morgan fingerprint density at radius 3 is 2.61 bits per heavy atom. The number of fused-ring (bicyclic) bond motifs is 1. The number of anilines is 2. The molecule has 2 aromatic carbocycles. The summed E-state index contributed by atoms with van der Waals surface area (Å²) in [6.45, 7) is 13.6. The van der Waals surface area contributed by atoms with Gasteiger partial charge in [-0.15, -0.1) is 0 Å². The largest absolute Gasteiger partial charge is 0.451 e. The van der Waals surface area contributed by atoms with Crippen LogP contribution in [0.5, 0.6) is 11.5 Å². The van der Waals surface area contributed by atoms with Crippen molar-refractivity contribution in [1.82, 2.24) is 19.8 Å². The molecule has 240 valence electrons. The van der Waals surface area contributed by atoms with Crippen molar-refractivity contribution in [2.24, 2.45) is 5.41 Å². The third-order valence-corrected chi connectivity index (χ3v) is 9.61. The van der Waals surface area contributed by atoms with Gasteiger partial charge in [0.25, 0.3) is 5.91 Å². The van der Waals surface area contributed by atoms with E-state index >= 15 is 0 Å². The van der Waals surface area contributed by atoms with Gasteiger partial charge in [0.15, 0.2) is 17.0 Å².